The van der Waals surface area contributed by atoms with Crippen molar-refractivity contribution < 1.29 is 14.9 Å². The van der Waals surface area contributed by atoms with Gasteiger partial charge in [-0.1, -0.05) is 15.9 Å². The van der Waals surface area contributed by atoms with Crippen LogP contribution in [0.5, 0.6) is 17.2 Å². The lowest BCUT2D eigenvalue weighted by molar-refractivity contribution is 0.351. The minimum atomic E-state index is -0.241. The van der Waals surface area contributed by atoms with Crippen LogP contribution in [0.2, 0.25) is 0 Å². The summed E-state index contributed by atoms with van der Waals surface area (Å²) >= 11 is 3.11. The molecule has 13 heavy (non-hydrogen) atoms. The number of methoxy groups -OCH3 is 1. The maximum Gasteiger partial charge on any atom is 0.200 e. The topological polar surface area (TPSA) is 49.7 Å². The molecule has 0 aliphatic rings. The Morgan fingerprint density at radius 2 is 2.08 bits per heavy atom. The van der Waals surface area contributed by atoms with Crippen LogP contribution in [-0.2, 0) is 0 Å². The number of aromatic hydroxyl groups is 2. The molecule has 0 amide bonds. The summed E-state index contributed by atoms with van der Waals surface area (Å²) in [6.45, 7) is 0. The zero-order valence-electron chi connectivity index (χ0n) is 6.99. The van der Waals surface area contributed by atoms with Gasteiger partial charge in [0.2, 0.25) is 5.75 Å². The lowest BCUT2D eigenvalue weighted by Crippen LogP contribution is -1.85. The van der Waals surface area contributed by atoms with Crippen LogP contribution in [0.3, 0.4) is 0 Å². The van der Waals surface area contributed by atoms with Crippen molar-refractivity contribution >= 4 is 22.0 Å². The summed E-state index contributed by atoms with van der Waals surface area (Å²) in [5.41, 5.74) is 0.740. The minimum absolute atomic E-state index is 0.194. The average Bonchev–Trinajstić information content (AvgIpc) is 2.11. The monoisotopic (exact) mass is 244 g/mol. The second-order valence-electron chi connectivity index (χ2n) is 2.38. The zero-order chi connectivity index (χ0) is 9.84. The SMILES string of the molecule is COc1cc(/C=C/Br)cc(O)c1O. The van der Waals surface area contributed by atoms with Gasteiger partial charge in [0.1, 0.15) is 0 Å². The summed E-state index contributed by atoms with van der Waals surface area (Å²) < 4.78 is 4.85. The maximum atomic E-state index is 9.28. The van der Waals surface area contributed by atoms with Crippen molar-refractivity contribution in [3.05, 3.63) is 22.7 Å². The smallest absolute Gasteiger partial charge is 0.200 e. The van der Waals surface area contributed by atoms with Gasteiger partial charge in [0.25, 0.3) is 0 Å². The third-order valence-corrected chi connectivity index (χ3v) is 1.82. The van der Waals surface area contributed by atoms with E-state index in [0.29, 0.717) is 0 Å². The van der Waals surface area contributed by atoms with Crippen molar-refractivity contribution in [3.63, 3.8) is 0 Å². The molecule has 0 radical (unpaired) electrons. The molecule has 0 aliphatic carbocycles. The first-order valence-electron chi connectivity index (χ1n) is 3.55. The van der Waals surface area contributed by atoms with E-state index in [9.17, 15) is 10.2 Å². The Morgan fingerprint density at radius 1 is 1.38 bits per heavy atom. The summed E-state index contributed by atoms with van der Waals surface area (Å²) in [6, 6.07) is 3.06. The number of hydrogen-bond acceptors (Lipinski definition) is 3. The minimum Gasteiger partial charge on any atom is -0.504 e. The van der Waals surface area contributed by atoms with Crippen LogP contribution in [0.15, 0.2) is 17.1 Å². The quantitative estimate of drug-likeness (QED) is 0.787. The van der Waals surface area contributed by atoms with E-state index in [1.54, 1.807) is 17.1 Å². The van der Waals surface area contributed by atoms with Crippen LogP contribution < -0.4 is 4.74 Å². The first-order chi connectivity index (χ1) is 6.19. The maximum absolute atomic E-state index is 9.28. The molecule has 3 nitrogen and oxygen atoms in total. The van der Waals surface area contributed by atoms with E-state index in [4.69, 9.17) is 4.74 Å². The molecule has 1 aromatic rings. The largest absolute Gasteiger partial charge is 0.504 e. The number of benzene rings is 1. The molecule has 0 saturated carbocycles. The summed E-state index contributed by atoms with van der Waals surface area (Å²) in [6.07, 6.45) is 1.72. The molecule has 0 fully saturated rings. The van der Waals surface area contributed by atoms with E-state index in [-0.39, 0.29) is 17.2 Å². The Morgan fingerprint density at radius 3 is 2.62 bits per heavy atom. The van der Waals surface area contributed by atoms with Crippen LogP contribution in [0.4, 0.5) is 0 Å². The Labute approximate surface area is 84.4 Å². The highest BCUT2D eigenvalue weighted by atomic mass is 79.9. The first kappa shape index (κ1) is 9.92. The number of phenols is 2. The first-order valence-corrected chi connectivity index (χ1v) is 4.47. The van der Waals surface area contributed by atoms with Gasteiger partial charge >= 0.3 is 0 Å². The number of phenolic OH excluding ortho intramolecular Hbond substituents is 2. The lowest BCUT2D eigenvalue weighted by Gasteiger charge is -2.05. The average molecular weight is 245 g/mol. The Bertz CT molecular complexity index is 334. The predicted molar refractivity (Wildman–Crippen MR) is 54.3 cm³/mol. The van der Waals surface area contributed by atoms with Crippen LogP contribution >= 0.6 is 15.9 Å². The lowest BCUT2D eigenvalue weighted by atomic mass is 10.2. The van der Waals surface area contributed by atoms with E-state index in [1.165, 1.54) is 13.2 Å². The normalized spacial score (nSPS) is 10.6. The van der Waals surface area contributed by atoms with E-state index in [1.807, 2.05) is 0 Å². The molecule has 0 saturated heterocycles. The molecule has 0 unspecified atom stereocenters. The van der Waals surface area contributed by atoms with Crippen molar-refractivity contribution in [2.75, 3.05) is 7.11 Å². The Hall–Kier alpha value is -1.16. The number of ether oxygens (including phenoxy) is 1. The molecule has 0 spiro atoms. The number of hydrogen-bond donors (Lipinski definition) is 2. The summed E-state index contributed by atoms with van der Waals surface area (Å²) in [4.78, 5) is 1.65. The molecule has 0 aliphatic heterocycles. The van der Waals surface area contributed by atoms with E-state index >= 15 is 0 Å². The number of halogens is 1. The van der Waals surface area contributed by atoms with Crippen molar-refractivity contribution in [2.24, 2.45) is 0 Å². The molecule has 2 N–H and O–H groups in total. The van der Waals surface area contributed by atoms with Gasteiger partial charge in [-0.05, 0) is 28.8 Å². The van der Waals surface area contributed by atoms with Gasteiger partial charge in [0.05, 0.1) is 7.11 Å². The molecular formula is C9H9BrO3. The van der Waals surface area contributed by atoms with Gasteiger partial charge in [0.15, 0.2) is 11.5 Å². The third-order valence-electron chi connectivity index (χ3n) is 1.55. The third kappa shape index (κ3) is 2.15. The molecule has 1 aromatic carbocycles. The fraction of sp³-hybridized carbons (Fsp3) is 0.111. The molecule has 70 valence electrons. The summed E-state index contributed by atoms with van der Waals surface area (Å²) in [5.74, 6) is -0.185. The van der Waals surface area contributed by atoms with Gasteiger partial charge in [0, 0.05) is 0 Å². The summed E-state index contributed by atoms with van der Waals surface area (Å²) in [7, 11) is 1.43. The van der Waals surface area contributed by atoms with Gasteiger partial charge in [-0.25, -0.2) is 0 Å². The van der Waals surface area contributed by atoms with Crippen molar-refractivity contribution in [2.45, 2.75) is 0 Å². The molecule has 0 bridgehead atoms. The molecule has 4 heteroatoms. The van der Waals surface area contributed by atoms with Crippen molar-refractivity contribution in [1.82, 2.24) is 0 Å². The second kappa shape index (κ2) is 4.18. The highest BCUT2D eigenvalue weighted by Crippen LogP contribution is 2.36. The van der Waals surface area contributed by atoms with Crippen molar-refractivity contribution in [3.8, 4) is 17.2 Å². The van der Waals surface area contributed by atoms with E-state index in [0.717, 1.165) is 5.56 Å². The van der Waals surface area contributed by atoms with Crippen LogP contribution in [0.1, 0.15) is 5.56 Å². The van der Waals surface area contributed by atoms with Crippen LogP contribution in [-0.4, -0.2) is 17.3 Å². The highest BCUT2D eigenvalue weighted by molar-refractivity contribution is 9.11. The van der Waals surface area contributed by atoms with E-state index in [2.05, 4.69) is 15.9 Å². The molecule has 0 aromatic heterocycles. The highest BCUT2D eigenvalue weighted by Gasteiger charge is 2.07. The van der Waals surface area contributed by atoms with Gasteiger partial charge < -0.3 is 14.9 Å². The van der Waals surface area contributed by atoms with Gasteiger partial charge in [-0.3, -0.25) is 0 Å². The number of rotatable bonds is 2. The summed E-state index contributed by atoms with van der Waals surface area (Å²) in [5, 5.41) is 18.5. The molecule has 1 rings (SSSR count). The molecular weight excluding hydrogens is 236 g/mol. The fourth-order valence-electron chi connectivity index (χ4n) is 0.938. The van der Waals surface area contributed by atoms with Gasteiger partial charge in [-0.2, -0.15) is 0 Å². The fourth-order valence-corrected chi connectivity index (χ4v) is 1.24. The van der Waals surface area contributed by atoms with Crippen LogP contribution in [0, 0.1) is 0 Å². The predicted octanol–water partition coefficient (Wildman–Crippen LogP) is 2.47. The standard InChI is InChI=1S/C9H9BrO3/c1-13-8-5-6(2-3-10)4-7(11)9(8)12/h2-5,11-12H,1H3/b3-2+. The van der Waals surface area contributed by atoms with Crippen molar-refractivity contribution in [1.29, 1.82) is 0 Å². The Balaban J connectivity index is 3.21. The second-order valence-corrected chi connectivity index (χ2v) is 2.91. The molecule has 0 atom stereocenters. The van der Waals surface area contributed by atoms with Crippen LogP contribution in [0.25, 0.3) is 6.08 Å². The zero-order valence-corrected chi connectivity index (χ0v) is 8.58. The molecule has 0 heterocycles. The van der Waals surface area contributed by atoms with E-state index < -0.39 is 0 Å². The Kier molecular flexibility index (Phi) is 3.19. The van der Waals surface area contributed by atoms with Gasteiger partial charge in [-0.15, -0.1) is 0 Å².